The van der Waals surface area contributed by atoms with Gasteiger partial charge in [-0.2, -0.15) is 5.26 Å². The summed E-state index contributed by atoms with van der Waals surface area (Å²) < 4.78 is 12.8. The summed E-state index contributed by atoms with van der Waals surface area (Å²) in [5, 5.41) is 9.04. The van der Waals surface area contributed by atoms with Gasteiger partial charge in [-0.15, -0.1) is 0 Å². The standard InChI is InChI=1S/C17H15N3O5/c1-2-19-9-12(8-18)16(22)20(17(19)23)10-13(21)11-3-4-14-15(7-11)25-6-5-24-14/h3-4,7,9H,2,5-6,10H2,1H3. The van der Waals surface area contributed by atoms with Crippen molar-refractivity contribution in [3.8, 4) is 17.6 Å². The summed E-state index contributed by atoms with van der Waals surface area (Å²) in [4.78, 5) is 37.0. The molecule has 2 heterocycles. The Kier molecular flexibility index (Phi) is 4.39. The second-order valence-corrected chi connectivity index (χ2v) is 5.40. The van der Waals surface area contributed by atoms with E-state index in [1.807, 2.05) is 0 Å². The molecule has 0 atom stereocenters. The predicted octanol–water partition coefficient (Wildman–Crippen LogP) is 0.556. The summed E-state index contributed by atoms with van der Waals surface area (Å²) in [6.45, 7) is 2.36. The molecule has 8 heteroatoms. The summed E-state index contributed by atoms with van der Waals surface area (Å²) in [5.74, 6) is 0.551. The Morgan fingerprint density at radius 2 is 1.96 bits per heavy atom. The van der Waals surface area contributed by atoms with Crippen LogP contribution in [0.3, 0.4) is 0 Å². The van der Waals surface area contributed by atoms with Gasteiger partial charge in [0.05, 0.1) is 6.54 Å². The second-order valence-electron chi connectivity index (χ2n) is 5.40. The van der Waals surface area contributed by atoms with Crippen molar-refractivity contribution in [3.05, 3.63) is 56.4 Å². The lowest BCUT2D eigenvalue weighted by molar-refractivity contribution is 0.0967. The highest BCUT2D eigenvalue weighted by atomic mass is 16.6. The van der Waals surface area contributed by atoms with Crippen molar-refractivity contribution in [2.45, 2.75) is 20.0 Å². The van der Waals surface area contributed by atoms with Crippen LogP contribution in [-0.2, 0) is 13.1 Å². The van der Waals surface area contributed by atoms with Crippen LogP contribution in [0.25, 0.3) is 0 Å². The molecule has 128 valence electrons. The third-order valence-corrected chi connectivity index (χ3v) is 3.86. The minimum absolute atomic E-state index is 0.184. The minimum atomic E-state index is -0.775. The Bertz CT molecular complexity index is 997. The number of benzene rings is 1. The highest BCUT2D eigenvalue weighted by molar-refractivity contribution is 5.96. The second kappa shape index (κ2) is 6.65. The average Bonchev–Trinajstić information content (AvgIpc) is 2.64. The molecule has 1 aliphatic heterocycles. The average molecular weight is 341 g/mol. The van der Waals surface area contributed by atoms with Gasteiger partial charge in [0.15, 0.2) is 17.3 Å². The fraction of sp³-hybridized carbons (Fsp3) is 0.294. The summed E-state index contributed by atoms with van der Waals surface area (Å²) in [6, 6.07) is 6.43. The molecule has 0 aliphatic carbocycles. The van der Waals surface area contributed by atoms with Gasteiger partial charge in [0.2, 0.25) is 0 Å². The van der Waals surface area contributed by atoms with E-state index < -0.39 is 23.6 Å². The van der Waals surface area contributed by atoms with Crippen molar-refractivity contribution in [1.82, 2.24) is 9.13 Å². The fourth-order valence-corrected chi connectivity index (χ4v) is 2.55. The van der Waals surface area contributed by atoms with E-state index >= 15 is 0 Å². The van der Waals surface area contributed by atoms with Gasteiger partial charge in [0, 0.05) is 18.3 Å². The van der Waals surface area contributed by atoms with E-state index in [0.29, 0.717) is 30.3 Å². The normalized spacial score (nSPS) is 12.5. The van der Waals surface area contributed by atoms with Gasteiger partial charge in [-0.05, 0) is 25.1 Å². The molecule has 3 rings (SSSR count). The maximum absolute atomic E-state index is 12.5. The molecule has 0 saturated carbocycles. The molecule has 25 heavy (non-hydrogen) atoms. The fourth-order valence-electron chi connectivity index (χ4n) is 2.55. The third-order valence-electron chi connectivity index (χ3n) is 3.86. The van der Waals surface area contributed by atoms with E-state index in [4.69, 9.17) is 14.7 Å². The molecule has 0 unspecified atom stereocenters. The largest absolute Gasteiger partial charge is 0.486 e. The number of ether oxygens (including phenoxy) is 2. The summed E-state index contributed by atoms with van der Waals surface area (Å²) in [7, 11) is 0. The van der Waals surface area contributed by atoms with Crippen LogP contribution in [0.15, 0.2) is 34.0 Å². The molecule has 2 aromatic rings. The lowest BCUT2D eigenvalue weighted by atomic mass is 10.1. The van der Waals surface area contributed by atoms with Crippen molar-refractivity contribution < 1.29 is 14.3 Å². The first kappa shape index (κ1) is 16.5. The number of aromatic nitrogens is 2. The van der Waals surface area contributed by atoms with E-state index in [0.717, 1.165) is 4.57 Å². The topological polar surface area (TPSA) is 103 Å². The maximum Gasteiger partial charge on any atom is 0.331 e. The highest BCUT2D eigenvalue weighted by Gasteiger charge is 2.18. The van der Waals surface area contributed by atoms with Crippen LogP contribution in [0.1, 0.15) is 22.8 Å². The Morgan fingerprint density at radius 1 is 1.24 bits per heavy atom. The van der Waals surface area contributed by atoms with Crippen LogP contribution in [0.2, 0.25) is 0 Å². The van der Waals surface area contributed by atoms with E-state index in [2.05, 4.69) is 0 Å². The van der Waals surface area contributed by atoms with Gasteiger partial charge in [-0.3, -0.25) is 18.7 Å². The minimum Gasteiger partial charge on any atom is -0.486 e. The van der Waals surface area contributed by atoms with Crippen LogP contribution in [0.5, 0.6) is 11.5 Å². The number of nitrogens with zero attached hydrogens (tertiary/aromatic N) is 3. The lowest BCUT2D eigenvalue weighted by Crippen LogP contribution is -2.42. The van der Waals surface area contributed by atoms with Crippen molar-refractivity contribution in [1.29, 1.82) is 5.26 Å². The van der Waals surface area contributed by atoms with E-state index in [9.17, 15) is 14.4 Å². The number of hydrogen-bond acceptors (Lipinski definition) is 6. The van der Waals surface area contributed by atoms with E-state index in [1.165, 1.54) is 16.8 Å². The lowest BCUT2D eigenvalue weighted by Gasteiger charge is -2.18. The monoisotopic (exact) mass is 341 g/mol. The number of hydrogen-bond donors (Lipinski definition) is 0. The van der Waals surface area contributed by atoms with Gasteiger partial charge < -0.3 is 9.47 Å². The van der Waals surface area contributed by atoms with Crippen LogP contribution in [0.4, 0.5) is 0 Å². The van der Waals surface area contributed by atoms with Gasteiger partial charge >= 0.3 is 5.69 Å². The van der Waals surface area contributed by atoms with Crippen molar-refractivity contribution in [3.63, 3.8) is 0 Å². The van der Waals surface area contributed by atoms with E-state index in [1.54, 1.807) is 25.1 Å². The number of fused-ring (bicyclic) bond motifs is 1. The third kappa shape index (κ3) is 3.04. The number of aryl methyl sites for hydroxylation is 1. The first-order valence-corrected chi connectivity index (χ1v) is 7.72. The molecular formula is C17H15N3O5. The van der Waals surface area contributed by atoms with Crippen LogP contribution < -0.4 is 20.7 Å². The number of ketones is 1. The molecule has 0 N–H and O–H groups in total. The SMILES string of the molecule is CCn1cc(C#N)c(=O)n(CC(=O)c2ccc3c(c2)OCCO3)c1=O. The van der Waals surface area contributed by atoms with Gasteiger partial charge in [0.1, 0.15) is 24.8 Å². The number of Topliss-reactive ketones (excluding diaryl/α,β-unsaturated/α-hetero) is 1. The highest BCUT2D eigenvalue weighted by Crippen LogP contribution is 2.30. The Balaban J connectivity index is 1.98. The molecular weight excluding hydrogens is 326 g/mol. The van der Waals surface area contributed by atoms with Gasteiger partial charge in [-0.25, -0.2) is 4.79 Å². The number of carbonyl (C=O) groups excluding carboxylic acids is 1. The van der Waals surface area contributed by atoms with E-state index in [-0.39, 0.29) is 12.1 Å². The molecule has 0 bridgehead atoms. The molecule has 8 nitrogen and oxygen atoms in total. The molecule has 1 aromatic carbocycles. The number of carbonyl (C=O) groups is 1. The quantitative estimate of drug-likeness (QED) is 0.753. The summed E-state index contributed by atoms with van der Waals surface area (Å²) in [6.07, 6.45) is 1.20. The Hall–Kier alpha value is -3.34. The zero-order chi connectivity index (χ0) is 18.0. The number of nitriles is 1. The predicted molar refractivity (Wildman–Crippen MR) is 87.1 cm³/mol. The van der Waals surface area contributed by atoms with Crippen molar-refractivity contribution in [2.75, 3.05) is 13.2 Å². The first-order valence-electron chi connectivity index (χ1n) is 7.72. The molecule has 1 aliphatic rings. The number of rotatable bonds is 4. The summed E-state index contributed by atoms with van der Waals surface area (Å²) >= 11 is 0. The van der Waals surface area contributed by atoms with Gasteiger partial charge in [-0.1, -0.05) is 0 Å². The smallest absolute Gasteiger partial charge is 0.331 e. The van der Waals surface area contributed by atoms with Crippen molar-refractivity contribution in [2.24, 2.45) is 0 Å². The molecule has 1 aromatic heterocycles. The Labute approximate surface area is 142 Å². The molecule has 0 fully saturated rings. The zero-order valence-electron chi connectivity index (χ0n) is 13.5. The zero-order valence-corrected chi connectivity index (χ0v) is 13.5. The molecule has 0 spiro atoms. The molecule has 0 radical (unpaired) electrons. The van der Waals surface area contributed by atoms with Crippen LogP contribution in [-0.4, -0.2) is 28.1 Å². The van der Waals surface area contributed by atoms with Crippen LogP contribution in [0, 0.1) is 11.3 Å². The molecule has 0 amide bonds. The van der Waals surface area contributed by atoms with Crippen molar-refractivity contribution >= 4 is 5.78 Å². The van der Waals surface area contributed by atoms with Crippen LogP contribution >= 0.6 is 0 Å². The van der Waals surface area contributed by atoms with Gasteiger partial charge in [0.25, 0.3) is 5.56 Å². The maximum atomic E-state index is 12.5. The summed E-state index contributed by atoms with van der Waals surface area (Å²) in [5.41, 5.74) is -1.29. The Morgan fingerprint density at radius 3 is 2.64 bits per heavy atom. The molecule has 0 saturated heterocycles. The first-order chi connectivity index (χ1) is 12.0.